The van der Waals surface area contributed by atoms with Crippen molar-refractivity contribution in [2.45, 2.75) is 62.7 Å². The largest absolute Gasteiger partial charge is 0.481 e. The normalized spacial score (nSPS) is 15.4. The monoisotopic (exact) mass is 647 g/mol. The zero-order valence-corrected chi connectivity index (χ0v) is 26.2. The number of nitrogens with zero attached hydrogens (tertiary/aromatic N) is 1. The van der Waals surface area contributed by atoms with Crippen LogP contribution in [-0.4, -0.2) is 23.8 Å². The minimum Gasteiger partial charge on any atom is -0.481 e. The summed E-state index contributed by atoms with van der Waals surface area (Å²) >= 11 is 0. The fraction of sp³-hybridized carbons (Fsp3) is 0.250. The third-order valence-electron chi connectivity index (χ3n) is 8.88. The number of carboxylic acid groups (broad SMARTS) is 1. The van der Waals surface area contributed by atoms with Crippen molar-refractivity contribution in [3.05, 3.63) is 125 Å². The molecule has 0 fully saturated rings. The molecule has 46 heavy (non-hydrogen) atoms. The van der Waals surface area contributed by atoms with Crippen LogP contribution in [0.5, 0.6) is 0 Å². The lowest BCUT2D eigenvalue weighted by Gasteiger charge is -2.29. The number of rotatable bonds is 8. The molecule has 5 aromatic rings. The van der Waals surface area contributed by atoms with E-state index in [2.05, 4.69) is 0 Å². The number of hydrogen-bond acceptors (Lipinski definition) is 4. The van der Waals surface area contributed by atoms with Gasteiger partial charge in [0.1, 0.15) is 5.76 Å². The molecule has 1 aliphatic rings. The second-order valence-corrected chi connectivity index (χ2v) is 14.1. The number of furan rings is 1. The lowest BCUT2D eigenvalue weighted by molar-refractivity contribution is -0.153. The fourth-order valence-corrected chi connectivity index (χ4v) is 8.25. The van der Waals surface area contributed by atoms with Crippen molar-refractivity contribution in [3.63, 3.8) is 0 Å². The average Bonchev–Trinajstić information content (AvgIpc) is 3.67. The maximum Gasteiger partial charge on any atom is 0.449 e. The van der Waals surface area contributed by atoms with Crippen molar-refractivity contribution in [2.24, 2.45) is 0 Å². The van der Waals surface area contributed by atoms with Crippen LogP contribution >= 0.6 is 0 Å². The van der Waals surface area contributed by atoms with Crippen molar-refractivity contribution >= 4 is 26.8 Å². The van der Waals surface area contributed by atoms with E-state index in [0.717, 1.165) is 33.7 Å². The van der Waals surface area contributed by atoms with Gasteiger partial charge >= 0.3 is 12.1 Å². The zero-order chi connectivity index (χ0) is 33.0. The number of alkyl halides is 3. The number of hydrogen-bond donors (Lipinski definition) is 1. The second-order valence-electron chi connectivity index (χ2n) is 12.2. The van der Waals surface area contributed by atoms with Crippen molar-refractivity contribution in [1.29, 1.82) is 0 Å². The molecule has 0 spiro atoms. The van der Waals surface area contributed by atoms with Crippen LogP contribution in [0.3, 0.4) is 0 Å². The number of carboxylic acids is 1. The molecule has 0 amide bonds. The summed E-state index contributed by atoms with van der Waals surface area (Å²) in [4.78, 5) is 12.0. The number of aliphatic carboxylic acids is 1. The summed E-state index contributed by atoms with van der Waals surface area (Å²) in [5.74, 6) is -2.24. The van der Waals surface area contributed by atoms with Gasteiger partial charge in [-0.2, -0.15) is 17.5 Å². The molecule has 1 aromatic heterocycles. The van der Waals surface area contributed by atoms with Gasteiger partial charge in [0.05, 0.1) is 22.9 Å². The first-order chi connectivity index (χ1) is 21.7. The average molecular weight is 648 g/mol. The second kappa shape index (κ2) is 11.4. The molecule has 0 aliphatic heterocycles. The molecule has 1 N–H and O–H groups in total. The highest BCUT2D eigenvalue weighted by molar-refractivity contribution is 7.89. The third kappa shape index (κ3) is 5.60. The number of halogens is 3. The van der Waals surface area contributed by atoms with Crippen molar-refractivity contribution in [1.82, 2.24) is 4.31 Å². The molecule has 4 aromatic carbocycles. The van der Waals surface area contributed by atoms with Crippen LogP contribution in [0.2, 0.25) is 0 Å². The van der Waals surface area contributed by atoms with Crippen LogP contribution in [0.15, 0.2) is 100 Å². The lowest BCUT2D eigenvalue weighted by atomic mass is 9.83. The highest BCUT2D eigenvalue weighted by atomic mass is 32.2. The molecule has 1 heterocycles. The molecule has 6 nitrogen and oxygen atoms in total. The molecule has 0 radical (unpaired) electrons. The van der Waals surface area contributed by atoms with Gasteiger partial charge in [0.2, 0.25) is 15.8 Å². The van der Waals surface area contributed by atoms with Crippen LogP contribution < -0.4 is 0 Å². The Bertz CT molecular complexity index is 2080. The maximum atomic E-state index is 14.7. The molecule has 0 saturated carbocycles. The first-order valence-electron chi connectivity index (χ1n) is 14.8. The van der Waals surface area contributed by atoms with Gasteiger partial charge in [0.25, 0.3) is 0 Å². The molecule has 0 bridgehead atoms. The minimum absolute atomic E-state index is 0.108. The molecule has 6 rings (SSSR count). The van der Waals surface area contributed by atoms with Gasteiger partial charge in [0.15, 0.2) is 0 Å². The first kappa shape index (κ1) is 31.6. The Morgan fingerprint density at radius 2 is 1.67 bits per heavy atom. The smallest absolute Gasteiger partial charge is 0.449 e. The zero-order valence-electron chi connectivity index (χ0n) is 25.4. The molecule has 10 heteroatoms. The fourth-order valence-electron chi connectivity index (χ4n) is 6.23. The van der Waals surface area contributed by atoms with Crippen LogP contribution in [0, 0.1) is 6.92 Å². The molecule has 1 unspecified atom stereocenters. The van der Waals surface area contributed by atoms with E-state index in [-0.39, 0.29) is 17.2 Å². The predicted molar refractivity (Wildman–Crippen MR) is 169 cm³/mol. The van der Waals surface area contributed by atoms with E-state index in [4.69, 9.17) is 4.42 Å². The summed E-state index contributed by atoms with van der Waals surface area (Å²) in [6.45, 7) is 4.61. The number of benzene rings is 4. The minimum atomic E-state index is -4.71. The Kier molecular flexibility index (Phi) is 7.85. The van der Waals surface area contributed by atoms with E-state index in [0.29, 0.717) is 29.4 Å². The first-order valence-corrected chi connectivity index (χ1v) is 16.2. The Morgan fingerprint density at radius 1 is 0.935 bits per heavy atom. The van der Waals surface area contributed by atoms with E-state index in [9.17, 15) is 31.5 Å². The molecular weight excluding hydrogens is 615 g/mol. The van der Waals surface area contributed by atoms with E-state index >= 15 is 0 Å². The highest BCUT2D eigenvalue weighted by Crippen LogP contribution is 2.43. The van der Waals surface area contributed by atoms with E-state index < -0.39 is 39.4 Å². The number of aryl methyl sites for hydroxylation is 2. The summed E-state index contributed by atoms with van der Waals surface area (Å²) in [7, 11) is -4.26. The number of fused-ring (bicyclic) bond motifs is 2. The van der Waals surface area contributed by atoms with Crippen LogP contribution in [-0.2, 0) is 39.4 Å². The molecule has 1 aliphatic carbocycles. The van der Waals surface area contributed by atoms with Crippen molar-refractivity contribution < 1.29 is 35.9 Å². The lowest BCUT2D eigenvalue weighted by Crippen LogP contribution is -2.34. The number of carbonyl (C=O) groups is 1. The molecular formula is C36H32F3NO5S. The Balaban J connectivity index is 1.44. The van der Waals surface area contributed by atoms with E-state index in [1.165, 1.54) is 10.4 Å². The van der Waals surface area contributed by atoms with Crippen LogP contribution in [0.4, 0.5) is 13.2 Å². The standard InChI is InChI=1S/C36H32F3NO5S/c1-22-11-12-23-7-4-5-10-30(23)33(22)46(43,44)40(21-28-15-18-32(45-28)36(37,38)39)31-17-14-26-19-25(13-16-29(26)31)24-8-6-9-27(20-24)35(2,3)34(41)42/h4-13,15-16,18-20,31H,14,17,21H2,1-3H3,(H,41,42). The summed E-state index contributed by atoms with van der Waals surface area (Å²) in [6.07, 6.45) is -3.75. The topological polar surface area (TPSA) is 87.8 Å². The third-order valence-corrected chi connectivity index (χ3v) is 10.9. The van der Waals surface area contributed by atoms with Gasteiger partial charge in [-0.25, -0.2) is 8.42 Å². The molecule has 1 atom stereocenters. The predicted octanol–water partition coefficient (Wildman–Crippen LogP) is 8.67. The summed E-state index contributed by atoms with van der Waals surface area (Å²) in [5, 5.41) is 11.0. The Hall–Kier alpha value is -4.41. The van der Waals surface area contributed by atoms with Gasteiger partial charge in [0, 0.05) is 5.39 Å². The van der Waals surface area contributed by atoms with E-state index in [1.54, 1.807) is 45.0 Å². The van der Waals surface area contributed by atoms with E-state index in [1.807, 2.05) is 54.6 Å². The van der Waals surface area contributed by atoms with Gasteiger partial charge in [-0.1, -0.05) is 78.9 Å². The van der Waals surface area contributed by atoms with Gasteiger partial charge in [-0.3, -0.25) is 4.79 Å². The Labute approximate surface area is 265 Å². The van der Waals surface area contributed by atoms with Crippen LogP contribution in [0.1, 0.15) is 60.1 Å². The van der Waals surface area contributed by atoms with Crippen molar-refractivity contribution in [3.8, 4) is 11.1 Å². The highest BCUT2D eigenvalue weighted by Gasteiger charge is 2.40. The Morgan fingerprint density at radius 3 is 2.39 bits per heavy atom. The van der Waals surface area contributed by atoms with Gasteiger partial charge < -0.3 is 9.52 Å². The van der Waals surface area contributed by atoms with Crippen LogP contribution in [0.25, 0.3) is 21.9 Å². The quantitative estimate of drug-likeness (QED) is 0.182. The molecule has 238 valence electrons. The maximum absolute atomic E-state index is 14.7. The van der Waals surface area contributed by atoms with Gasteiger partial charge in [-0.15, -0.1) is 0 Å². The SMILES string of the molecule is Cc1ccc2ccccc2c1S(=O)(=O)N(Cc1ccc(C(F)(F)F)o1)C1CCc2cc(-c3cccc(C(C)(C)C(=O)O)c3)ccc21. The number of sulfonamides is 1. The summed E-state index contributed by atoms with van der Waals surface area (Å²) in [6, 6.07) is 25.1. The van der Waals surface area contributed by atoms with Gasteiger partial charge in [-0.05, 0) is 84.5 Å². The molecule has 0 saturated heterocycles. The summed E-state index contributed by atoms with van der Waals surface area (Å²) < 4.78 is 76.0. The van der Waals surface area contributed by atoms with Crippen molar-refractivity contribution in [2.75, 3.05) is 0 Å². The summed E-state index contributed by atoms with van der Waals surface area (Å²) in [5.41, 5.74) is 3.43.